The van der Waals surface area contributed by atoms with Gasteiger partial charge in [-0.3, -0.25) is 4.79 Å². The lowest BCUT2D eigenvalue weighted by atomic mass is 9.74. The molecule has 1 N–H and O–H groups in total. The zero-order chi connectivity index (χ0) is 22.6. The molecule has 0 atom stereocenters. The molecule has 32 heavy (non-hydrogen) atoms. The van der Waals surface area contributed by atoms with Gasteiger partial charge in [-0.1, -0.05) is 36.4 Å². The van der Waals surface area contributed by atoms with Crippen LogP contribution in [-0.4, -0.2) is 64.7 Å². The minimum absolute atomic E-state index is 0.177. The Kier molecular flexibility index (Phi) is 6.95. The van der Waals surface area contributed by atoms with Crippen molar-refractivity contribution < 1.29 is 22.7 Å². The average molecular weight is 459 g/mol. The topological polar surface area (TPSA) is 84.9 Å². The van der Waals surface area contributed by atoms with Crippen molar-refractivity contribution in [1.82, 2.24) is 9.62 Å². The third-order valence-corrected chi connectivity index (χ3v) is 8.50. The van der Waals surface area contributed by atoms with Gasteiger partial charge in [-0.15, -0.1) is 0 Å². The summed E-state index contributed by atoms with van der Waals surface area (Å²) in [5.74, 6) is -0.273. The first-order valence-corrected chi connectivity index (χ1v) is 12.5. The molecule has 2 saturated heterocycles. The van der Waals surface area contributed by atoms with E-state index in [0.717, 1.165) is 12.8 Å². The minimum Gasteiger partial charge on any atom is -0.381 e. The van der Waals surface area contributed by atoms with Crippen LogP contribution in [0.15, 0.2) is 53.4 Å². The summed E-state index contributed by atoms with van der Waals surface area (Å²) < 4.78 is 38.6. The third-order valence-electron chi connectivity index (χ3n) is 6.46. The highest BCUT2D eigenvalue weighted by Crippen LogP contribution is 2.34. The molecule has 2 aromatic rings. The smallest absolute Gasteiger partial charge is 0.251 e. The lowest BCUT2D eigenvalue weighted by Crippen LogP contribution is -2.44. The largest absolute Gasteiger partial charge is 0.381 e. The van der Waals surface area contributed by atoms with Crippen LogP contribution in [-0.2, 0) is 24.9 Å². The quantitative estimate of drug-likeness (QED) is 0.719. The lowest BCUT2D eigenvalue weighted by molar-refractivity contribution is 0.0487. The molecule has 0 aromatic heterocycles. The molecule has 4 rings (SSSR count). The van der Waals surface area contributed by atoms with Crippen LogP contribution >= 0.6 is 0 Å². The Labute approximate surface area is 189 Å². The van der Waals surface area contributed by atoms with E-state index in [0.29, 0.717) is 57.2 Å². The number of amides is 1. The van der Waals surface area contributed by atoms with E-state index in [-0.39, 0.29) is 16.2 Å². The van der Waals surface area contributed by atoms with Crippen molar-refractivity contribution in [2.45, 2.75) is 30.1 Å². The number of nitrogens with zero attached hydrogens (tertiary/aromatic N) is 1. The number of hydrogen-bond donors (Lipinski definition) is 1. The van der Waals surface area contributed by atoms with Crippen LogP contribution < -0.4 is 5.32 Å². The first kappa shape index (κ1) is 22.9. The second-order valence-corrected chi connectivity index (χ2v) is 10.3. The molecule has 172 valence electrons. The number of ether oxygens (including phenoxy) is 2. The van der Waals surface area contributed by atoms with Crippen LogP contribution in [0.3, 0.4) is 0 Å². The van der Waals surface area contributed by atoms with Gasteiger partial charge in [0.25, 0.3) is 5.91 Å². The number of hydrogen-bond acceptors (Lipinski definition) is 5. The van der Waals surface area contributed by atoms with E-state index in [1.54, 1.807) is 19.1 Å². The van der Waals surface area contributed by atoms with Gasteiger partial charge in [0, 0.05) is 43.8 Å². The number of rotatable bonds is 6. The average Bonchev–Trinajstić information content (AvgIpc) is 2.84. The fraction of sp³-hybridized carbons (Fsp3) is 0.458. The van der Waals surface area contributed by atoms with E-state index in [1.165, 1.54) is 15.9 Å². The van der Waals surface area contributed by atoms with Crippen molar-refractivity contribution in [3.8, 4) is 0 Å². The van der Waals surface area contributed by atoms with Gasteiger partial charge in [-0.2, -0.15) is 4.31 Å². The number of benzene rings is 2. The molecule has 2 aromatic carbocycles. The van der Waals surface area contributed by atoms with Gasteiger partial charge in [0.2, 0.25) is 10.0 Å². The number of carbonyl (C=O) groups excluding carboxylic acids is 1. The highest BCUT2D eigenvalue weighted by Gasteiger charge is 2.35. The predicted molar refractivity (Wildman–Crippen MR) is 121 cm³/mol. The monoisotopic (exact) mass is 458 g/mol. The van der Waals surface area contributed by atoms with Gasteiger partial charge in [0.15, 0.2) is 0 Å². The first-order chi connectivity index (χ1) is 15.4. The number of nitrogens with one attached hydrogen (secondary N) is 1. The number of sulfonamides is 1. The van der Waals surface area contributed by atoms with Crippen LogP contribution in [0.2, 0.25) is 0 Å². The normalized spacial score (nSPS) is 19.4. The van der Waals surface area contributed by atoms with E-state index in [9.17, 15) is 13.2 Å². The molecule has 0 bridgehead atoms. The summed E-state index contributed by atoms with van der Waals surface area (Å²) in [4.78, 5) is 13.2. The standard InChI is InChI=1S/C24H30N2O5S/c1-19-7-8-20(17-22(19)32(28,29)26-11-15-31-16-12-26)23(27)25-18-24(9-13-30-14-10-24)21-5-3-2-4-6-21/h2-8,17H,9-16,18H2,1H3,(H,25,27). The van der Waals surface area contributed by atoms with Gasteiger partial charge < -0.3 is 14.8 Å². The predicted octanol–water partition coefficient (Wildman–Crippen LogP) is 2.49. The fourth-order valence-corrected chi connectivity index (χ4v) is 6.08. The molecule has 2 fully saturated rings. The zero-order valence-corrected chi connectivity index (χ0v) is 19.2. The molecule has 1 amide bonds. The third kappa shape index (κ3) is 4.73. The van der Waals surface area contributed by atoms with E-state index < -0.39 is 10.0 Å². The van der Waals surface area contributed by atoms with E-state index in [4.69, 9.17) is 9.47 Å². The first-order valence-electron chi connectivity index (χ1n) is 11.0. The van der Waals surface area contributed by atoms with Gasteiger partial charge in [-0.25, -0.2) is 8.42 Å². The summed E-state index contributed by atoms with van der Waals surface area (Å²) in [6.45, 7) is 4.92. The second kappa shape index (κ2) is 9.70. The molecule has 7 nitrogen and oxygen atoms in total. The fourth-order valence-electron chi connectivity index (χ4n) is 4.42. The van der Waals surface area contributed by atoms with Crippen LogP contribution in [0.4, 0.5) is 0 Å². The highest BCUT2D eigenvalue weighted by molar-refractivity contribution is 7.89. The Morgan fingerprint density at radius 2 is 1.66 bits per heavy atom. The minimum atomic E-state index is -3.68. The van der Waals surface area contributed by atoms with Crippen molar-refractivity contribution in [3.63, 3.8) is 0 Å². The van der Waals surface area contributed by atoms with E-state index >= 15 is 0 Å². The van der Waals surface area contributed by atoms with Crippen LogP contribution in [0.25, 0.3) is 0 Å². The van der Waals surface area contributed by atoms with Crippen LogP contribution in [0.5, 0.6) is 0 Å². The Bertz CT molecular complexity index is 1040. The summed E-state index contributed by atoms with van der Waals surface area (Å²) in [5, 5.41) is 3.06. The van der Waals surface area contributed by atoms with Crippen molar-refractivity contribution >= 4 is 15.9 Å². The van der Waals surface area contributed by atoms with Crippen molar-refractivity contribution in [1.29, 1.82) is 0 Å². The molecule has 0 aliphatic carbocycles. The highest BCUT2D eigenvalue weighted by atomic mass is 32.2. The Hall–Kier alpha value is -2.26. The Morgan fingerprint density at radius 3 is 2.34 bits per heavy atom. The molecule has 0 radical (unpaired) electrons. The lowest BCUT2D eigenvalue weighted by Gasteiger charge is -2.38. The van der Waals surface area contributed by atoms with Crippen molar-refractivity contribution in [2.24, 2.45) is 0 Å². The Morgan fingerprint density at radius 1 is 1.00 bits per heavy atom. The van der Waals surface area contributed by atoms with Gasteiger partial charge in [0.05, 0.1) is 18.1 Å². The van der Waals surface area contributed by atoms with Gasteiger partial charge in [-0.05, 0) is 43.0 Å². The molecule has 8 heteroatoms. The maximum atomic E-state index is 13.1. The van der Waals surface area contributed by atoms with E-state index in [2.05, 4.69) is 17.4 Å². The maximum absolute atomic E-state index is 13.1. The molecular weight excluding hydrogens is 428 g/mol. The molecular formula is C24H30N2O5S. The summed E-state index contributed by atoms with van der Waals surface area (Å²) in [6.07, 6.45) is 1.64. The van der Waals surface area contributed by atoms with Crippen molar-refractivity contribution in [3.05, 3.63) is 65.2 Å². The molecule has 2 aliphatic rings. The molecule has 0 spiro atoms. The second-order valence-electron chi connectivity index (χ2n) is 8.44. The summed E-state index contributed by atoms with van der Waals surface area (Å²) in [5.41, 5.74) is 1.96. The van der Waals surface area contributed by atoms with Crippen LogP contribution in [0, 0.1) is 6.92 Å². The summed E-state index contributed by atoms with van der Waals surface area (Å²) >= 11 is 0. The van der Waals surface area contributed by atoms with Gasteiger partial charge >= 0.3 is 0 Å². The Balaban J connectivity index is 1.54. The maximum Gasteiger partial charge on any atom is 0.251 e. The summed E-state index contributed by atoms with van der Waals surface area (Å²) in [7, 11) is -3.68. The molecule has 2 heterocycles. The number of carbonyl (C=O) groups is 1. The SMILES string of the molecule is Cc1ccc(C(=O)NCC2(c3ccccc3)CCOCC2)cc1S(=O)(=O)N1CCOCC1. The van der Waals surface area contributed by atoms with Crippen molar-refractivity contribution in [2.75, 3.05) is 46.1 Å². The zero-order valence-electron chi connectivity index (χ0n) is 18.4. The molecule has 0 unspecified atom stereocenters. The van der Waals surface area contributed by atoms with Crippen LogP contribution in [0.1, 0.15) is 34.3 Å². The molecule has 2 aliphatic heterocycles. The van der Waals surface area contributed by atoms with Gasteiger partial charge in [0.1, 0.15) is 0 Å². The summed E-state index contributed by atoms with van der Waals surface area (Å²) in [6, 6.07) is 15.1. The molecule has 0 saturated carbocycles. The number of morpholine rings is 1. The number of aryl methyl sites for hydroxylation is 1. The van der Waals surface area contributed by atoms with E-state index in [1.807, 2.05) is 18.2 Å².